The summed E-state index contributed by atoms with van der Waals surface area (Å²) in [7, 11) is 0. The first kappa shape index (κ1) is 21.6. The fraction of sp³-hybridized carbons (Fsp3) is 0.389. The average Bonchev–Trinajstić information content (AvgIpc) is 3.11. The summed E-state index contributed by atoms with van der Waals surface area (Å²) >= 11 is 0.736. The van der Waals surface area contributed by atoms with Gasteiger partial charge in [-0.05, 0) is 19.9 Å². The van der Waals surface area contributed by atoms with E-state index < -0.39 is 18.0 Å². The molecule has 2 aromatic rings. The second-order valence-corrected chi connectivity index (χ2v) is 6.69. The Balaban J connectivity index is 2.16. The molecule has 0 bridgehead atoms. The highest BCUT2D eigenvalue weighted by atomic mass is 32.2. The molecule has 0 spiro atoms. The number of para-hydroxylation sites is 1. The molecule has 0 aliphatic carbocycles. The van der Waals surface area contributed by atoms with Crippen LogP contribution in [-0.4, -0.2) is 58.1 Å². The maximum Gasteiger partial charge on any atom is 0.418 e. The summed E-state index contributed by atoms with van der Waals surface area (Å²) in [4.78, 5) is 35.4. The van der Waals surface area contributed by atoms with E-state index >= 15 is 0 Å². The smallest absolute Gasteiger partial charge is 0.418 e. The first-order valence-corrected chi connectivity index (χ1v) is 9.37. The van der Waals surface area contributed by atoms with Gasteiger partial charge in [0.2, 0.25) is 0 Å². The van der Waals surface area contributed by atoms with Crippen LogP contribution in [0.3, 0.4) is 0 Å². The number of furan rings is 1. The van der Waals surface area contributed by atoms with E-state index in [4.69, 9.17) is 13.9 Å². The van der Waals surface area contributed by atoms with Crippen molar-refractivity contribution in [3.63, 3.8) is 0 Å². The number of carboxylic acid groups (broad SMARTS) is 1. The van der Waals surface area contributed by atoms with Gasteiger partial charge in [0.25, 0.3) is 0 Å². The van der Waals surface area contributed by atoms with Gasteiger partial charge in [0.05, 0.1) is 26.0 Å². The zero-order chi connectivity index (χ0) is 20.5. The number of amides is 1. The van der Waals surface area contributed by atoms with E-state index in [2.05, 4.69) is 0 Å². The van der Waals surface area contributed by atoms with Crippen molar-refractivity contribution >= 4 is 41.1 Å². The average molecular weight is 410 g/mol. The summed E-state index contributed by atoms with van der Waals surface area (Å²) in [5.41, 5.74) is 1.24. The molecule has 0 unspecified atom stereocenters. The first-order valence-electron chi connectivity index (χ1n) is 8.64. The molecule has 1 aromatic carbocycles. The predicted molar refractivity (Wildman–Crippen MR) is 102 cm³/mol. The molecule has 9 nitrogen and oxygen atoms in total. The maximum atomic E-state index is 11.8. The fourth-order valence-electron chi connectivity index (χ4n) is 2.42. The van der Waals surface area contributed by atoms with Crippen LogP contribution < -0.4 is 0 Å². The second-order valence-electron chi connectivity index (χ2n) is 5.57. The Kier molecular flexibility index (Phi) is 8.15. The lowest BCUT2D eigenvalue weighted by molar-refractivity contribution is -0.145. The number of benzene rings is 1. The van der Waals surface area contributed by atoms with Crippen LogP contribution in [-0.2, 0) is 25.6 Å². The molecular formula is C18H22N2O7S. The van der Waals surface area contributed by atoms with E-state index in [-0.39, 0.29) is 32.8 Å². The number of fused-ring (bicyclic) bond motifs is 1. The maximum absolute atomic E-state index is 11.8. The highest BCUT2D eigenvalue weighted by Gasteiger charge is 2.24. The second kappa shape index (κ2) is 10.6. The minimum Gasteiger partial charge on any atom is -0.465 e. The Labute approximate surface area is 166 Å². The predicted octanol–water partition coefficient (Wildman–Crippen LogP) is 2.90. The lowest BCUT2D eigenvalue weighted by atomic mass is 10.1. The van der Waals surface area contributed by atoms with Gasteiger partial charge in [-0.3, -0.25) is 9.59 Å². The van der Waals surface area contributed by atoms with E-state index in [1.54, 1.807) is 32.0 Å². The number of ether oxygens (including phenoxy) is 2. The number of hydrogen-bond acceptors (Lipinski definition) is 8. The van der Waals surface area contributed by atoms with Crippen LogP contribution in [0.2, 0.25) is 0 Å². The quantitative estimate of drug-likeness (QED) is 0.467. The van der Waals surface area contributed by atoms with Gasteiger partial charge in [-0.25, -0.2) is 13.4 Å². The van der Waals surface area contributed by atoms with Crippen LogP contribution >= 0.6 is 12.1 Å². The van der Waals surface area contributed by atoms with Gasteiger partial charge >= 0.3 is 18.0 Å². The van der Waals surface area contributed by atoms with Crippen LogP contribution in [0.5, 0.6) is 0 Å². The highest BCUT2D eigenvalue weighted by molar-refractivity contribution is 7.95. The number of rotatable bonds is 10. The van der Waals surface area contributed by atoms with Crippen LogP contribution in [0.15, 0.2) is 34.9 Å². The lowest BCUT2D eigenvalue weighted by Gasteiger charge is -2.25. The van der Waals surface area contributed by atoms with Gasteiger partial charge in [-0.15, -0.1) is 0 Å². The standard InChI is InChI=1S/C18H22N2O7S/c1-3-25-15(21)11-19(12-16(22)26-4-2)28-20(18(23)24)10-14-7-5-6-13-8-9-27-17(13)14/h5-9H,3-4,10-12H2,1-2H3,(H,23,24). The van der Waals surface area contributed by atoms with Gasteiger partial charge < -0.3 is 19.0 Å². The third-order valence-electron chi connectivity index (χ3n) is 3.52. The van der Waals surface area contributed by atoms with Crippen molar-refractivity contribution in [2.75, 3.05) is 26.3 Å². The fourth-order valence-corrected chi connectivity index (χ4v) is 3.29. The molecule has 1 heterocycles. The number of carbonyl (C=O) groups excluding carboxylic acids is 2. The largest absolute Gasteiger partial charge is 0.465 e. The monoisotopic (exact) mass is 410 g/mol. The molecule has 0 atom stereocenters. The SMILES string of the molecule is CCOC(=O)CN(CC(=O)OCC)SN(Cc1cccc2ccoc12)C(=O)O. The third-order valence-corrected chi connectivity index (χ3v) is 4.49. The summed E-state index contributed by atoms with van der Waals surface area (Å²) in [6.45, 7) is 3.13. The van der Waals surface area contributed by atoms with Crippen molar-refractivity contribution in [2.45, 2.75) is 20.4 Å². The van der Waals surface area contributed by atoms with Gasteiger partial charge in [0, 0.05) is 23.1 Å². The molecule has 2 rings (SSSR count). The Hall–Kier alpha value is -2.72. The Bertz CT molecular complexity index is 803. The highest BCUT2D eigenvalue weighted by Crippen LogP contribution is 2.25. The summed E-state index contributed by atoms with van der Waals surface area (Å²) in [5.74, 6) is -1.14. The lowest BCUT2D eigenvalue weighted by Crippen LogP contribution is -2.36. The zero-order valence-electron chi connectivity index (χ0n) is 15.6. The molecule has 152 valence electrons. The summed E-state index contributed by atoms with van der Waals surface area (Å²) < 4.78 is 17.5. The molecule has 0 fully saturated rings. The number of esters is 2. The molecule has 10 heteroatoms. The minimum absolute atomic E-state index is 0.00694. The third kappa shape index (κ3) is 6.17. The van der Waals surface area contributed by atoms with Gasteiger partial charge in [-0.2, -0.15) is 0 Å². The topological polar surface area (TPSA) is 110 Å². The zero-order valence-corrected chi connectivity index (χ0v) is 16.4. The van der Waals surface area contributed by atoms with Crippen molar-refractivity contribution < 1.29 is 33.4 Å². The molecule has 0 radical (unpaired) electrons. The van der Waals surface area contributed by atoms with E-state index in [1.165, 1.54) is 10.6 Å². The molecule has 1 aromatic heterocycles. The van der Waals surface area contributed by atoms with Crippen molar-refractivity contribution in [3.8, 4) is 0 Å². The summed E-state index contributed by atoms with van der Waals surface area (Å²) in [5, 5.41) is 10.4. The van der Waals surface area contributed by atoms with Crippen molar-refractivity contribution in [3.05, 3.63) is 36.1 Å². The van der Waals surface area contributed by atoms with Gasteiger partial charge in [0.1, 0.15) is 18.7 Å². The van der Waals surface area contributed by atoms with Crippen molar-refractivity contribution in [1.29, 1.82) is 0 Å². The van der Waals surface area contributed by atoms with E-state index in [0.717, 1.165) is 21.8 Å². The Morgan fingerprint density at radius 1 is 1.07 bits per heavy atom. The van der Waals surface area contributed by atoms with Crippen LogP contribution in [0.25, 0.3) is 11.0 Å². The molecule has 0 saturated heterocycles. The van der Waals surface area contributed by atoms with E-state index in [0.29, 0.717) is 11.1 Å². The molecule has 28 heavy (non-hydrogen) atoms. The van der Waals surface area contributed by atoms with Crippen molar-refractivity contribution in [2.24, 2.45) is 0 Å². The number of nitrogens with zero attached hydrogens (tertiary/aromatic N) is 2. The molecule has 1 N–H and O–H groups in total. The first-order chi connectivity index (χ1) is 13.4. The van der Waals surface area contributed by atoms with Crippen LogP contribution in [0, 0.1) is 0 Å². The Morgan fingerprint density at radius 2 is 1.71 bits per heavy atom. The van der Waals surface area contributed by atoms with Gasteiger partial charge in [-0.1, -0.05) is 18.2 Å². The van der Waals surface area contributed by atoms with Crippen molar-refractivity contribution in [1.82, 2.24) is 8.61 Å². The summed E-state index contributed by atoms with van der Waals surface area (Å²) in [6, 6.07) is 7.19. The van der Waals surface area contributed by atoms with Crippen LogP contribution in [0.4, 0.5) is 4.79 Å². The minimum atomic E-state index is -1.23. The molecular weight excluding hydrogens is 388 g/mol. The summed E-state index contributed by atoms with van der Waals surface area (Å²) in [6.07, 6.45) is 0.298. The molecule has 1 amide bonds. The molecule has 0 aliphatic rings. The van der Waals surface area contributed by atoms with Crippen LogP contribution in [0.1, 0.15) is 19.4 Å². The Morgan fingerprint density at radius 3 is 2.29 bits per heavy atom. The number of hydrogen-bond donors (Lipinski definition) is 1. The van der Waals surface area contributed by atoms with E-state index in [9.17, 15) is 19.5 Å². The normalized spacial score (nSPS) is 10.8. The van der Waals surface area contributed by atoms with E-state index in [1.807, 2.05) is 6.07 Å². The molecule has 0 aliphatic heterocycles. The number of carbonyl (C=O) groups is 3. The van der Waals surface area contributed by atoms with Gasteiger partial charge in [0.15, 0.2) is 0 Å². The molecule has 0 saturated carbocycles.